The van der Waals surface area contributed by atoms with E-state index in [1.165, 1.54) is 4.90 Å². The van der Waals surface area contributed by atoms with Gasteiger partial charge >= 0.3 is 6.03 Å². The Labute approximate surface area is 99.8 Å². The number of nitrogens with zero attached hydrogens (tertiary/aromatic N) is 1. The van der Waals surface area contributed by atoms with E-state index in [-0.39, 0.29) is 12.6 Å². The summed E-state index contributed by atoms with van der Waals surface area (Å²) in [7, 11) is 1.61. The molecule has 0 fully saturated rings. The molecule has 1 aromatic rings. The van der Waals surface area contributed by atoms with Crippen LogP contribution in [0.1, 0.15) is 5.56 Å². The third kappa shape index (κ3) is 3.40. The Morgan fingerprint density at radius 3 is 2.81 bits per heavy atom. The van der Waals surface area contributed by atoms with Gasteiger partial charge in [0, 0.05) is 24.3 Å². The maximum Gasteiger partial charge on any atom is 0.321 e. The number of aryl methyl sites for hydroxylation is 1. The molecule has 4 nitrogen and oxygen atoms in total. The van der Waals surface area contributed by atoms with E-state index >= 15 is 0 Å². The van der Waals surface area contributed by atoms with Gasteiger partial charge in [0.1, 0.15) is 0 Å². The Balaban J connectivity index is 2.66. The Bertz CT molecular complexity index is 382. The quantitative estimate of drug-likeness (QED) is 0.853. The van der Waals surface area contributed by atoms with Gasteiger partial charge < -0.3 is 15.3 Å². The highest BCUT2D eigenvalue weighted by atomic mass is 35.5. The van der Waals surface area contributed by atoms with Crippen LogP contribution in [0.25, 0.3) is 0 Å². The lowest BCUT2D eigenvalue weighted by Crippen LogP contribution is -2.33. The fraction of sp³-hybridized carbons (Fsp3) is 0.364. The summed E-state index contributed by atoms with van der Waals surface area (Å²) in [5.74, 6) is 0. The summed E-state index contributed by atoms with van der Waals surface area (Å²) in [6, 6.07) is 5.05. The molecule has 2 N–H and O–H groups in total. The third-order valence-electron chi connectivity index (χ3n) is 2.21. The Morgan fingerprint density at radius 2 is 2.25 bits per heavy atom. The van der Waals surface area contributed by atoms with E-state index < -0.39 is 0 Å². The van der Waals surface area contributed by atoms with E-state index in [0.29, 0.717) is 17.3 Å². The molecule has 2 amide bonds. The SMILES string of the molecule is Cc1ccc(NC(=O)N(C)CCO)cc1Cl. The Kier molecular flexibility index (Phi) is 4.58. The average molecular weight is 243 g/mol. The van der Waals surface area contributed by atoms with Crippen molar-refractivity contribution in [1.82, 2.24) is 4.90 Å². The van der Waals surface area contributed by atoms with Gasteiger partial charge in [-0.15, -0.1) is 0 Å². The zero-order valence-corrected chi connectivity index (χ0v) is 10.1. The second-order valence-electron chi connectivity index (χ2n) is 3.54. The summed E-state index contributed by atoms with van der Waals surface area (Å²) in [6.45, 7) is 2.13. The molecule has 0 radical (unpaired) electrons. The van der Waals surface area contributed by atoms with E-state index in [9.17, 15) is 4.79 Å². The number of halogens is 1. The van der Waals surface area contributed by atoms with Crippen LogP contribution in [0.3, 0.4) is 0 Å². The summed E-state index contributed by atoms with van der Waals surface area (Å²) in [5, 5.41) is 12.0. The lowest BCUT2D eigenvalue weighted by molar-refractivity contribution is 0.202. The summed E-state index contributed by atoms with van der Waals surface area (Å²) < 4.78 is 0. The fourth-order valence-corrected chi connectivity index (χ4v) is 1.32. The second-order valence-corrected chi connectivity index (χ2v) is 3.95. The van der Waals surface area contributed by atoms with Gasteiger partial charge in [-0.05, 0) is 24.6 Å². The van der Waals surface area contributed by atoms with Crippen molar-refractivity contribution in [2.75, 3.05) is 25.5 Å². The molecule has 0 aromatic heterocycles. The van der Waals surface area contributed by atoms with Crippen LogP contribution in [0, 0.1) is 6.92 Å². The number of anilines is 1. The van der Waals surface area contributed by atoms with Gasteiger partial charge in [-0.2, -0.15) is 0 Å². The molecule has 0 aliphatic heterocycles. The predicted molar refractivity (Wildman–Crippen MR) is 64.9 cm³/mol. The number of likely N-dealkylation sites (N-methyl/N-ethyl adjacent to an activating group) is 1. The number of carbonyl (C=O) groups is 1. The van der Waals surface area contributed by atoms with Gasteiger partial charge in [0.2, 0.25) is 0 Å². The van der Waals surface area contributed by atoms with Crippen molar-refractivity contribution in [1.29, 1.82) is 0 Å². The van der Waals surface area contributed by atoms with Crippen molar-refractivity contribution in [3.8, 4) is 0 Å². The van der Waals surface area contributed by atoms with Gasteiger partial charge in [0.25, 0.3) is 0 Å². The Hall–Kier alpha value is -1.26. The van der Waals surface area contributed by atoms with Crippen LogP contribution in [0.2, 0.25) is 5.02 Å². The Morgan fingerprint density at radius 1 is 1.56 bits per heavy atom. The fourth-order valence-electron chi connectivity index (χ4n) is 1.14. The molecule has 16 heavy (non-hydrogen) atoms. The van der Waals surface area contributed by atoms with Crippen molar-refractivity contribution in [3.63, 3.8) is 0 Å². The minimum Gasteiger partial charge on any atom is -0.395 e. The van der Waals surface area contributed by atoms with Crippen LogP contribution in [0.4, 0.5) is 10.5 Å². The number of aliphatic hydroxyl groups excluding tert-OH is 1. The molecule has 0 aliphatic carbocycles. The van der Waals surface area contributed by atoms with Crippen molar-refractivity contribution in [2.45, 2.75) is 6.92 Å². The number of amides is 2. The first-order valence-corrected chi connectivity index (χ1v) is 5.31. The minimum absolute atomic E-state index is 0.0570. The zero-order valence-electron chi connectivity index (χ0n) is 9.33. The van der Waals surface area contributed by atoms with Crippen molar-refractivity contribution in [2.24, 2.45) is 0 Å². The molecule has 0 unspecified atom stereocenters. The molecule has 5 heteroatoms. The van der Waals surface area contributed by atoms with Gasteiger partial charge in [-0.3, -0.25) is 0 Å². The first-order valence-electron chi connectivity index (χ1n) is 4.93. The van der Waals surface area contributed by atoms with Gasteiger partial charge in [-0.1, -0.05) is 17.7 Å². The second kappa shape index (κ2) is 5.72. The highest BCUT2D eigenvalue weighted by Gasteiger charge is 2.08. The molecule has 88 valence electrons. The van der Waals surface area contributed by atoms with Crippen LogP contribution in [-0.2, 0) is 0 Å². The van der Waals surface area contributed by atoms with Crippen LogP contribution >= 0.6 is 11.6 Å². The first-order chi connectivity index (χ1) is 7.54. The largest absolute Gasteiger partial charge is 0.395 e. The molecule has 1 rings (SSSR count). The van der Waals surface area contributed by atoms with Gasteiger partial charge in [-0.25, -0.2) is 4.79 Å². The number of carbonyl (C=O) groups excluding carboxylic acids is 1. The van der Waals surface area contributed by atoms with Crippen molar-refractivity contribution >= 4 is 23.3 Å². The van der Waals surface area contributed by atoms with E-state index in [0.717, 1.165) is 5.56 Å². The van der Waals surface area contributed by atoms with Crippen LogP contribution in [0.5, 0.6) is 0 Å². The topological polar surface area (TPSA) is 52.6 Å². The van der Waals surface area contributed by atoms with Crippen LogP contribution < -0.4 is 5.32 Å². The number of nitrogens with one attached hydrogen (secondary N) is 1. The highest BCUT2D eigenvalue weighted by Crippen LogP contribution is 2.19. The molecule has 1 aromatic carbocycles. The van der Waals surface area contributed by atoms with Crippen molar-refractivity contribution < 1.29 is 9.90 Å². The molecule has 0 bridgehead atoms. The molecular formula is C11H15ClN2O2. The minimum atomic E-state index is -0.269. The molecule has 0 aliphatic rings. The van der Waals surface area contributed by atoms with Crippen LogP contribution in [-0.4, -0.2) is 36.2 Å². The number of aliphatic hydroxyl groups is 1. The molecular weight excluding hydrogens is 228 g/mol. The molecule has 0 saturated heterocycles. The number of rotatable bonds is 3. The monoisotopic (exact) mass is 242 g/mol. The third-order valence-corrected chi connectivity index (χ3v) is 2.61. The first kappa shape index (κ1) is 12.8. The van der Waals surface area contributed by atoms with E-state index in [1.807, 2.05) is 13.0 Å². The normalized spacial score (nSPS) is 10.0. The lowest BCUT2D eigenvalue weighted by atomic mass is 10.2. The maximum atomic E-state index is 11.6. The molecule has 0 spiro atoms. The smallest absolute Gasteiger partial charge is 0.321 e. The zero-order chi connectivity index (χ0) is 12.1. The number of benzene rings is 1. The standard InChI is InChI=1S/C11H15ClN2O2/c1-8-3-4-9(7-10(8)12)13-11(16)14(2)5-6-15/h3-4,7,15H,5-6H2,1-2H3,(H,13,16). The molecule has 0 saturated carbocycles. The number of hydrogen-bond acceptors (Lipinski definition) is 2. The highest BCUT2D eigenvalue weighted by molar-refractivity contribution is 6.31. The average Bonchev–Trinajstić information content (AvgIpc) is 2.24. The molecule has 0 heterocycles. The predicted octanol–water partition coefficient (Wildman–Crippen LogP) is 2.10. The van der Waals surface area contributed by atoms with E-state index in [1.54, 1.807) is 19.2 Å². The lowest BCUT2D eigenvalue weighted by Gasteiger charge is -2.16. The van der Waals surface area contributed by atoms with Crippen LogP contribution in [0.15, 0.2) is 18.2 Å². The summed E-state index contributed by atoms with van der Waals surface area (Å²) in [6.07, 6.45) is 0. The van der Waals surface area contributed by atoms with Crippen molar-refractivity contribution in [3.05, 3.63) is 28.8 Å². The molecule has 0 atom stereocenters. The maximum absolute atomic E-state index is 11.6. The number of hydrogen-bond donors (Lipinski definition) is 2. The summed E-state index contributed by atoms with van der Waals surface area (Å²) >= 11 is 5.93. The van der Waals surface area contributed by atoms with E-state index in [4.69, 9.17) is 16.7 Å². The van der Waals surface area contributed by atoms with E-state index in [2.05, 4.69) is 5.32 Å². The number of urea groups is 1. The van der Waals surface area contributed by atoms with Gasteiger partial charge in [0.15, 0.2) is 0 Å². The van der Waals surface area contributed by atoms with Gasteiger partial charge in [0.05, 0.1) is 6.61 Å². The summed E-state index contributed by atoms with van der Waals surface area (Å²) in [5.41, 5.74) is 1.61. The summed E-state index contributed by atoms with van der Waals surface area (Å²) in [4.78, 5) is 13.0.